The second kappa shape index (κ2) is 5.12. The lowest BCUT2D eigenvalue weighted by Crippen LogP contribution is -2.39. The number of carboxylic acid groups (broad SMARTS) is 1. The standard InChI is InChI=1S/C8H9N5O6/c1-3(6(14)10-8(9)17)12-2-4(13(18)19)5(11-12)7(15)16/h2-3H,1H3,(H,15,16)(H3,9,10,14,17). The number of primary amides is 1. The summed E-state index contributed by atoms with van der Waals surface area (Å²) in [6, 6.07) is -2.24. The first-order chi connectivity index (χ1) is 8.73. The van der Waals surface area contributed by atoms with Gasteiger partial charge < -0.3 is 10.8 Å². The number of aromatic carboxylic acids is 1. The van der Waals surface area contributed by atoms with Crippen LogP contribution in [0.2, 0.25) is 0 Å². The summed E-state index contributed by atoms with van der Waals surface area (Å²) in [7, 11) is 0. The third-order valence-electron chi connectivity index (χ3n) is 2.13. The van der Waals surface area contributed by atoms with Crippen LogP contribution in [0.1, 0.15) is 23.5 Å². The van der Waals surface area contributed by atoms with E-state index in [1.54, 1.807) is 5.32 Å². The van der Waals surface area contributed by atoms with Crippen molar-refractivity contribution in [1.29, 1.82) is 0 Å². The van der Waals surface area contributed by atoms with Gasteiger partial charge in [-0.2, -0.15) is 5.10 Å². The lowest BCUT2D eigenvalue weighted by Gasteiger charge is -2.09. The molecule has 0 saturated heterocycles. The Bertz CT molecular complexity index is 532. The Hall–Kier alpha value is -2.98. The second-order valence-electron chi connectivity index (χ2n) is 3.43. The minimum atomic E-state index is -1.60. The van der Waals surface area contributed by atoms with E-state index < -0.39 is 40.3 Å². The van der Waals surface area contributed by atoms with E-state index >= 15 is 0 Å². The summed E-state index contributed by atoms with van der Waals surface area (Å²) < 4.78 is 0.764. The summed E-state index contributed by atoms with van der Waals surface area (Å²) in [6.07, 6.45) is 0.786. The summed E-state index contributed by atoms with van der Waals surface area (Å²) in [5, 5.41) is 24.5. The third-order valence-corrected chi connectivity index (χ3v) is 2.13. The van der Waals surface area contributed by atoms with E-state index in [-0.39, 0.29) is 0 Å². The molecule has 102 valence electrons. The first-order valence-electron chi connectivity index (χ1n) is 4.81. The third kappa shape index (κ3) is 3.02. The van der Waals surface area contributed by atoms with Gasteiger partial charge in [-0.3, -0.25) is 24.9 Å². The molecular formula is C8H9N5O6. The van der Waals surface area contributed by atoms with Gasteiger partial charge in [-0.05, 0) is 6.92 Å². The van der Waals surface area contributed by atoms with Gasteiger partial charge >= 0.3 is 17.7 Å². The summed E-state index contributed by atoms with van der Waals surface area (Å²) in [5.74, 6) is -2.48. The van der Waals surface area contributed by atoms with Crippen molar-refractivity contribution < 1.29 is 24.4 Å². The average molecular weight is 271 g/mol. The highest BCUT2D eigenvalue weighted by Gasteiger charge is 2.28. The first kappa shape index (κ1) is 14.1. The van der Waals surface area contributed by atoms with Crippen molar-refractivity contribution in [3.63, 3.8) is 0 Å². The van der Waals surface area contributed by atoms with E-state index in [1.807, 2.05) is 0 Å². The van der Waals surface area contributed by atoms with Crippen LogP contribution in [0.3, 0.4) is 0 Å². The number of urea groups is 1. The Kier molecular flexibility index (Phi) is 3.79. The van der Waals surface area contributed by atoms with Crippen molar-refractivity contribution in [2.45, 2.75) is 13.0 Å². The molecule has 0 aliphatic rings. The normalized spacial score (nSPS) is 11.6. The summed E-state index contributed by atoms with van der Waals surface area (Å²) >= 11 is 0. The number of hydrogen-bond acceptors (Lipinski definition) is 6. The van der Waals surface area contributed by atoms with E-state index in [0.717, 1.165) is 10.9 Å². The van der Waals surface area contributed by atoms with E-state index in [9.17, 15) is 24.5 Å². The predicted molar refractivity (Wildman–Crippen MR) is 58.3 cm³/mol. The molecule has 0 bridgehead atoms. The number of nitrogens with zero attached hydrogens (tertiary/aromatic N) is 3. The van der Waals surface area contributed by atoms with E-state index in [0.29, 0.717) is 0 Å². The number of hydrogen-bond donors (Lipinski definition) is 3. The number of carbonyl (C=O) groups is 3. The molecule has 3 amide bonds. The zero-order valence-corrected chi connectivity index (χ0v) is 9.56. The smallest absolute Gasteiger partial charge is 0.363 e. The molecule has 1 unspecified atom stereocenters. The minimum Gasteiger partial charge on any atom is -0.476 e. The van der Waals surface area contributed by atoms with Crippen LogP contribution in [0.4, 0.5) is 10.5 Å². The molecule has 0 fully saturated rings. The second-order valence-corrected chi connectivity index (χ2v) is 3.43. The molecule has 0 spiro atoms. The number of carboxylic acids is 1. The topological polar surface area (TPSA) is 170 Å². The molecule has 1 rings (SSSR count). The van der Waals surface area contributed by atoms with Crippen LogP contribution in [0.25, 0.3) is 0 Å². The highest BCUT2D eigenvalue weighted by Crippen LogP contribution is 2.19. The van der Waals surface area contributed by atoms with Crippen molar-refractivity contribution in [3.8, 4) is 0 Å². The maximum Gasteiger partial charge on any atom is 0.363 e. The Morgan fingerprint density at radius 1 is 1.58 bits per heavy atom. The lowest BCUT2D eigenvalue weighted by molar-refractivity contribution is -0.385. The highest BCUT2D eigenvalue weighted by molar-refractivity contribution is 5.95. The SMILES string of the molecule is CC(C(=O)NC(N)=O)n1cc([N+](=O)[O-])c(C(=O)O)n1. The van der Waals surface area contributed by atoms with E-state index in [4.69, 9.17) is 10.8 Å². The van der Waals surface area contributed by atoms with Gasteiger partial charge in [-0.15, -0.1) is 0 Å². The Labute approximate surface area is 105 Å². The van der Waals surface area contributed by atoms with Gasteiger partial charge in [0.1, 0.15) is 12.2 Å². The van der Waals surface area contributed by atoms with Crippen molar-refractivity contribution >= 4 is 23.6 Å². The number of imide groups is 1. The zero-order valence-electron chi connectivity index (χ0n) is 9.56. The number of rotatable bonds is 4. The molecule has 0 aromatic carbocycles. The molecule has 4 N–H and O–H groups in total. The van der Waals surface area contributed by atoms with Crippen LogP contribution >= 0.6 is 0 Å². The highest BCUT2D eigenvalue weighted by atomic mass is 16.6. The molecule has 0 radical (unpaired) electrons. The number of amides is 3. The molecule has 0 aliphatic carbocycles. The van der Waals surface area contributed by atoms with Gasteiger partial charge in [0.15, 0.2) is 0 Å². The maximum absolute atomic E-state index is 11.4. The largest absolute Gasteiger partial charge is 0.476 e. The Morgan fingerprint density at radius 3 is 2.53 bits per heavy atom. The van der Waals surface area contributed by atoms with Crippen LogP contribution in [0.5, 0.6) is 0 Å². The number of nitrogens with one attached hydrogen (secondary N) is 1. The van der Waals surface area contributed by atoms with Gasteiger partial charge in [0.2, 0.25) is 5.69 Å². The van der Waals surface area contributed by atoms with Gasteiger partial charge in [0.05, 0.1) is 4.92 Å². The Balaban J connectivity index is 3.11. The molecule has 1 heterocycles. The van der Waals surface area contributed by atoms with Crippen LogP contribution < -0.4 is 11.1 Å². The molecule has 1 atom stereocenters. The van der Waals surface area contributed by atoms with Crippen LogP contribution in [0, 0.1) is 10.1 Å². The lowest BCUT2D eigenvalue weighted by atomic mass is 10.3. The number of nitrogens with two attached hydrogens (primary N) is 1. The van der Waals surface area contributed by atoms with Crippen molar-refractivity contribution in [1.82, 2.24) is 15.1 Å². The summed E-state index contributed by atoms with van der Waals surface area (Å²) in [4.78, 5) is 42.4. The van der Waals surface area contributed by atoms with Crippen molar-refractivity contribution in [3.05, 3.63) is 22.0 Å². The predicted octanol–water partition coefficient (Wildman–Crippen LogP) is -0.755. The van der Waals surface area contributed by atoms with Gasteiger partial charge in [0, 0.05) is 0 Å². The van der Waals surface area contributed by atoms with Gasteiger partial charge in [0.25, 0.3) is 5.91 Å². The molecule has 19 heavy (non-hydrogen) atoms. The molecule has 0 aliphatic heterocycles. The molecule has 1 aromatic heterocycles. The van der Waals surface area contributed by atoms with Crippen LogP contribution in [-0.2, 0) is 4.79 Å². The van der Waals surface area contributed by atoms with Gasteiger partial charge in [-0.25, -0.2) is 9.59 Å². The minimum absolute atomic E-state index is 0.758. The van der Waals surface area contributed by atoms with Crippen molar-refractivity contribution in [2.75, 3.05) is 0 Å². The average Bonchev–Trinajstić information content (AvgIpc) is 2.71. The zero-order chi connectivity index (χ0) is 14.7. The summed E-state index contributed by atoms with van der Waals surface area (Å²) in [6.45, 7) is 1.26. The van der Waals surface area contributed by atoms with Crippen LogP contribution in [-0.4, -0.2) is 37.7 Å². The number of aromatic nitrogens is 2. The molecular weight excluding hydrogens is 262 g/mol. The Morgan fingerprint density at radius 2 is 2.16 bits per heavy atom. The fourth-order valence-electron chi connectivity index (χ4n) is 1.21. The van der Waals surface area contributed by atoms with Crippen LogP contribution in [0.15, 0.2) is 6.20 Å². The first-order valence-corrected chi connectivity index (χ1v) is 4.81. The fourth-order valence-corrected chi connectivity index (χ4v) is 1.21. The monoisotopic (exact) mass is 271 g/mol. The maximum atomic E-state index is 11.4. The molecule has 11 heteroatoms. The summed E-state index contributed by atoms with van der Waals surface area (Å²) in [5.41, 5.74) is 3.18. The number of nitro groups is 1. The quantitative estimate of drug-likeness (QED) is 0.477. The molecule has 1 aromatic rings. The molecule has 11 nitrogen and oxygen atoms in total. The van der Waals surface area contributed by atoms with E-state index in [1.165, 1.54) is 6.92 Å². The fraction of sp³-hybridized carbons (Fsp3) is 0.250. The number of carbonyl (C=O) groups excluding carboxylic acids is 2. The molecule has 0 saturated carbocycles. The van der Waals surface area contributed by atoms with Gasteiger partial charge in [-0.1, -0.05) is 0 Å². The van der Waals surface area contributed by atoms with E-state index in [2.05, 4.69) is 5.10 Å². The van der Waals surface area contributed by atoms with Crippen molar-refractivity contribution in [2.24, 2.45) is 5.73 Å².